The van der Waals surface area contributed by atoms with Gasteiger partial charge in [-0.25, -0.2) is 0 Å². The Labute approximate surface area is 130 Å². The van der Waals surface area contributed by atoms with E-state index in [1.807, 2.05) is 25.3 Å². The van der Waals surface area contributed by atoms with Gasteiger partial charge in [0.05, 0.1) is 11.9 Å². The van der Waals surface area contributed by atoms with Crippen molar-refractivity contribution in [2.24, 2.45) is 5.10 Å². The molecular formula is C16H20N4S. The van der Waals surface area contributed by atoms with E-state index in [-0.39, 0.29) is 0 Å². The van der Waals surface area contributed by atoms with E-state index in [2.05, 4.69) is 52.5 Å². The lowest BCUT2D eigenvalue weighted by molar-refractivity contribution is 0.902. The number of rotatable bonds is 4. The number of aromatic nitrogens is 1. The standard InChI is InChI=1S/C16H20N4S/c1-4-17-16(21)19-18-11-14-6-5-9-20(14)15-8-7-12(2)10-13(15)3/h5-11H,4H2,1-3H3,(H2,17,19,21). The van der Waals surface area contributed by atoms with Crippen LogP contribution in [0.25, 0.3) is 5.69 Å². The Kier molecular flexibility index (Phi) is 5.11. The molecule has 0 fully saturated rings. The van der Waals surface area contributed by atoms with Gasteiger partial charge in [0.25, 0.3) is 0 Å². The zero-order chi connectivity index (χ0) is 15.2. The number of hydrogen-bond acceptors (Lipinski definition) is 2. The summed E-state index contributed by atoms with van der Waals surface area (Å²) < 4.78 is 2.11. The summed E-state index contributed by atoms with van der Waals surface area (Å²) in [7, 11) is 0. The maximum absolute atomic E-state index is 5.07. The molecule has 0 bridgehead atoms. The largest absolute Gasteiger partial charge is 0.362 e. The van der Waals surface area contributed by atoms with Crippen LogP contribution in [-0.2, 0) is 0 Å². The molecule has 0 aliphatic rings. The summed E-state index contributed by atoms with van der Waals surface area (Å²) in [6, 6.07) is 10.4. The number of hydrogen-bond donors (Lipinski definition) is 2. The number of hydrazone groups is 1. The van der Waals surface area contributed by atoms with Crippen molar-refractivity contribution in [1.29, 1.82) is 0 Å². The Balaban J connectivity index is 2.19. The predicted molar refractivity (Wildman–Crippen MR) is 92.2 cm³/mol. The van der Waals surface area contributed by atoms with Crippen LogP contribution in [0.1, 0.15) is 23.7 Å². The lowest BCUT2D eigenvalue weighted by atomic mass is 10.1. The summed E-state index contributed by atoms with van der Waals surface area (Å²) in [5.74, 6) is 0. The second-order valence-corrected chi connectivity index (χ2v) is 5.23. The fourth-order valence-electron chi connectivity index (χ4n) is 2.15. The van der Waals surface area contributed by atoms with Crippen molar-refractivity contribution < 1.29 is 0 Å². The number of nitrogens with one attached hydrogen (secondary N) is 2. The van der Waals surface area contributed by atoms with Crippen molar-refractivity contribution >= 4 is 23.5 Å². The fourth-order valence-corrected chi connectivity index (χ4v) is 2.35. The van der Waals surface area contributed by atoms with E-state index in [1.165, 1.54) is 11.1 Å². The number of aryl methyl sites for hydroxylation is 2. The first-order valence-electron chi connectivity index (χ1n) is 6.93. The molecule has 0 atom stereocenters. The molecule has 21 heavy (non-hydrogen) atoms. The van der Waals surface area contributed by atoms with Crippen molar-refractivity contribution in [2.75, 3.05) is 6.54 Å². The van der Waals surface area contributed by atoms with E-state index >= 15 is 0 Å². The highest BCUT2D eigenvalue weighted by Gasteiger charge is 2.04. The van der Waals surface area contributed by atoms with E-state index in [1.54, 1.807) is 6.21 Å². The predicted octanol–water partition coefficient (Wildman–Crippen LogP) is 2.91. The normalized spacial score (nSPS) is 10.8. The van der Waals surface area contributed by atoms with Crippen LogP contribution in [0.15, 0.2) is 41.6 Å². The fraction of sp³-hybridized carbons (Fsp3) is 0.250. The minimum Gasteiger partial charge on any atom is -0.362 e. The monoisotopic (exact) mass is 300 g/mol. The second-order valence-electron chi connectivity index (χ2n) is 4.82. The molecule has 0 aliphatic carbocycles. The average molecular weight is 300 g/mol. The van der Waals surface area contributed by atoms with Gasteiger partial charge in [0, 0.05) is 18.4 Å². The van der Waals surface area contributed by atoms with Gasteiger partial charge in [-0.1, -0.05) is 17.7 Å². The Bertz CT molecular complexity index is 658. The minimum absolute atomic E-state index is 0.526. The van der Waals surface area contributed by atoms with Crippen molar-refractivity contribution in [1.82, 2.24) is 15.3 Å². The highest BCUT2D eigenvalue weighted by Crippen LogP contribution is 2.17. The molecule has 0 radical (unpaired) electrons. The van der Waals surface area contributed by atoms with Crippen LogP contribution in [-0.4, -0.2) is 22.4 Å². The van der Waals surface area contributed by atoms with Gasteiger partial charge >= 0.3 is 0 Å². The Hall–Kier alpha value is -2.14. The molecule has 2 N–H and O–H groups in total. The van der Waals surface area contributed by atoms with Crippen molar-refractivity contribution in [3.05, 3.63) is 53.3 Å². The molecule has 2 rings (SSSR count). The Morgan fingerprint density at radius 3 is 2.86 bits per heavy atom. The van der Waals surface area contributed by atoms with Gasteiger partial charge in [-0.3, -0.25) is 5.43 Å². The summed E-state index contributed by atoms with van der Waals surface area (Å²) >= 11 is 5.07. The summed E-state index contributed by atoms with van der Waals surface area (Å²) in [6.45, 7) is 6.98. The van der Waals surface area contributed by atoms with Gasteiger partial charge in [-0.15, -0.1) is 0 Å². The molecule has 4 nitrogen and oxygen atoms in total. The van der Waals surface area contributed by atoms with Gasteiger partial charge in [-0.05, 0) is 56.8 Å². The number of benzene rings is 1. The van der Waals surface area contributed by atoms with Crippen LogP contribution in [0.3, 0.4) is 0 Å². The van der Waals surface area contributed by atoms with Crippen LogP contribution in [0.4, 0.5) is 0 Å². The number of nitrogens with zero attached hydrogens (tertiary/aromatic N) is 2. The van der Waals surface area contributed by atoms with Crippen molar-refractivity contribution in [3.63, 3.8) is 0 Å². The first-order valence-corrected chi connectivity index (χ1v) is 7.34. The lowest BCUT2D eigenvalue weighted by Crippen LogP contribution is -2.31. The zero-order valence-corrected chi connectivity index (χ0v) is 13.4. The molecule has 1 heterocycles. The molecule has 0 aliphatic heterocycles. The topological polar surface area (TPSA) is 41.4 Å². The molecule has 110 valence electrons. The highest BCUT2D eigenvalue weighted by molar-refractivity contribution is 7.80. The van der Waals surface area contributed by atoms with Crippen LogP contribution in [0.5, 0.6) is 0 Å². The van der Waals surface area contributed by atoms with Gasteiger partial charge in [0.2, 0.25) is 0 Å². The Morgan fingerprint density at radius 1 is 1.33 bits per heavy atom. The summed E-state index contributed by atoms with van der Waals surface area (Å²) in [5, 5.41) is 7.68. The van der Waals surface area contributed by atoms with Crippen LogP contribution in [0.2, 0.25) is 0 Å². The summed E-state index contributed by atoms with van der Waals surface area (Å²) in [5.41, 5.74) is 7.44. The third kappa shape index (κ3) is 3.92. The van der Waals surface area contributed by atoms with E-state index in [4.69, 9.17) is 12.2 Å². The summed E-state index contributed by atoms with van der Waals surface area (Å²) in [6.07, 6.45) is 3.80. The molecule has 5 heteroatoms. The van der Waals surface area contributed by atoms with Crippen molar-refractivity contribution in [3.8, 4) is 5.69 Å². The second kappa shape index (κ2) is 7.04. The molecule has 0 spiro atoms. The van der Waals surface area contributed by atoms with Crippen LogP contribution >= 0.6 is 12.2 Å². The SMILES string of the molecule is CCNC(=S)NN=Cc1cccn1-c1ccc(C)cc1C. The third-order valence-electron chi connectivity index (χ3n) is 3.09. The maximum Gasteiger partial charge on any atom is 0.186 e. The lowest BCUT2D eigenvalue weighted by Gasteiger charge is -2.10. The smallest absolute Gasteiger partial charge is 0.186 e. The highest BCUT2D eigenvalue weighted by atomic mass is 32.1. The zero-order valence-electron chi connectivity index (χ0n) is 12.6. The summed E-state index contributed by atoms with van der Waals surface area (Å²) in [4.78, 5) is 0. The van der Waals surface area contributed by atoms with E-state index in [9.17, 15) is 0 Å². The molecule has 1 aromatic heterocycles. The van der Waals surface area contributed by atoms with Gasteiger partial charge in [0.1, 0.15) is 0 Å². The van der Waals surface area contributed by atoms with E-state index in [0.717, 1.165) is 17.9 Å². The molecule has 2 aromatic rings. The van der Waals surface area contributed by atoms with E-state index in [0.29, 0.717) is 5.11 Å². The number of thiocarbonyl (C=S) groups is 1. The van der Waals surface area contributed by atoms with Crippen LogP contribution in [0, 0.1) is 13.8 Å². The average Bonchev–Trinajstić information content (AvgIpc) is 2.87. The molecule has 0 saturated carbocycles. The molecule has 1 aromatic carbocycles. The van der Waals surface area contributed by atoms with Gasteiger partial charge in [-0.2, -0.15) is 5.10 Å². The van der Waals surface area contributed by atoms with E-state index < -0.39 is 0 Å². The molecule has 0 saturated heterocycles. The van der Waals surface area contributed by atoms with Gasteiger partial charge < -0.3 is 9.88 Å². The third-order valence-corrected chi connectivity index (χ3v) is 3.33. The quantitative estimate of drug-likeness (QED) is 0.518. The van der Waals surface area contributed by atoms with Crippen molar-refractivity contribution in [2.45, 2.75) is 20.8 Å². The first-order chi connectivity index (χ1) is 10.1. The molecule has 0 amide bonds. The van der Waals surface area contributed by atoms with Crippen LogP contribution < -0.4 is 10.7 Å². The molecular weight excluding hydrogens is 280 g/mol. The first kappa shape index (κ1) is 15.3. The Morgan fingerprint density at radius 2 is 2.14 bits per heavy atom. The van der Waals surface area contributed by atoms with Gasteiger partial charge in [0.15, 0.2) is 5.11 Å². The maximum atomic E-state index is 5.07. The minimum atomic E-state index is 0.526. The molecule has 0 unspecified atom stereocenters.